The molecular weight excluding hydrogens is 418 g/mol. The zero-order valence-electron chi connectivity index (χ0n) is 18.6. The van der Waals surface area contributed by atoms with Gasteiger partial charge in [0, 0.05) is 13.0 Å². The number of amides is 1. The Hall–Kier alpha value is -4.13. The summed E-state index contributed by atoms with van der Waals surface area (Å²) in [5.74, 6) is 1.69. The zero-order chi connectivity index (χ0) is 23.2. The molecule has 4 rings (SSSR count). The molecule has 0 spiro atoms. The molecule has 0 aliphatic heterocycles. The average Bonchev–Trinajstić information content (AvgIpc) is 2.82. The van der Waals surface area contributed by atoms with Crippen LogP contribution in [0.4, 0.5) is 5.69 Å². The first kappa shape index (κ1) is 22.1. The van der Waals surface area contributed by atoms with Crippen LogP contribution in [0, 0.1) is 6.92 Å². The summed E-state index contributed by atoms with van der Waals surface area (Å²) < 4.78 is 12.9. The van der Waals surface area contributed by atoms with Crippen molar-refractivity contribution in [1.82, 2.24) is 9.55 Å². The van der Waals surface area contributed by atoms with Crippen LogP contribution in [-0.4, -0.2) is 22.1 Å². The van der Waals surface area contributed by atoms with Crippen LogP contribution in [0.3, 0.4) is 0 Å². The second kappa shape index (κ2) is 9.99. The Balaban J connectivity index is 1.43. The molecule has 0 saturated carbocycles. The van der Waals surface area contributed by atoms with Crippen molar-refractivity contribution in [2.75, 3.05) is 11.9 Å². The lowest BCUT2D eigenvalue weighted by Crippen LogP contribution is -2.24. The molecule has 33 heavy (non-hydrogen) atoms. The molecule has 1 N–H and O–H groups in total. The van der Waals surface area contributed by atoms with Gasteiger partial charge in [-0.15, -0.1) is 0 Å². The summed E-state index contributed by atoms with van der Waals surface area (Å²) in [4.78, 5) is 29.7. The normalized spacial score (nSPS) is 10.7. The maximum atomic E-state index is 12.7. The van der Waals surface area contributed by atoms with E-state index in [-0.39, 0.29) is 24.4 Å². The Labute approximate surface area is 191 Å². The van der Waals surface area contributed by atoms with E-state index in [1.54, 1.807) is 18.2 Å². The van der Waals surface area contributed by atoms with Crippen molar-refractivity contribution in [3.05, 3.63) is 89.0 Å². The SMILES string of the molecule is CCOc1ccc(Oc2ccccc2NC(=O)CCn2cnc3c(C)cccc3c2=O)cc1. The number of anilines is 1. The van der Waals surface area contributed by atoms with Crippen LogP contribution in [0.2, 0.25) is 0 Å². The number of para-hydroxylation sites is 3. The fraction of sp³-hybridized carbons (Fsp3) is 0.192. The molecule has 0 saturated heterocycles. The number of ether oxygens (including phenoxy) is 2. The molecule has 168 valence electrons. The minimum absolute atomic E-state index is 0.121. The number of rotatable bonds is 8. The number of aryl methyl sites for hydroxylation is 2. The third-order valence-corrected chi connectivity index (χ3v) is 5.16. The highest BCUT2D eigenvalue weighted by Crippen LogP contribution is 2.30. The Morgan fingerprint density at radius 1 is 1.00 bits per heavy atom. The molecule has 4 aromatic rings. The molecule has 0 fully saturated rings. The van der Waals surface area contributed by atoms with Crippen molar-refractivity contribution < 1.29 is 14.3 Å². The highest BCUT2D eigenvalue weighted by Gasteiger charge is 2.11. The van der Waals surface area contributed by atoms with Gasteiger partial charge in [-0.3, -0.25) is 14.2 Å². The van der Waals surface area contributed by atoms with Gasteiger partial charge in [0.05, 0.1) is 29.5 Å². The molecular formula is C26H25N3O4. The lowest BCUT2D eigenvalue weighted by atomic mass is 10.1. The summed E-state index contributed by atoms with van der Waals surface area (Å²) in [6, 6.07) is 20.0. The molecule has 7 heteroatoms. The van der Waals surface area contributed by atoms with Crippen molar-refractivity contribution in [1.29, 1.82) is 0 Å². The maximum Gasteiger partial charge on any atom is 0.261 e. The fourth-order valence-electron chi connectivity index (χ4n) is 3.49. The van der Waals surface area contributed by atoms with Gasteiger partial charge < -0.3 is 14.8 Å². The van der Waals surface area contributed by atoms with E-state index in [1.807, 2.05) is 62.4 Å². The number of nitrogens with one attached hydrogen (secondary N) is 1. The van der Waals surface area contributed by atoms with Gasteiger partial charge in [0.1, 0.15) is 11.5 Å². The molecule has 0 unspecified atom stereocenters. The van der Waals surface area contributed by atoms with E-state index in [4.69, 9.17) is 9.47 Å². The van der Waals surface area contributed by atoms with Crippen molar-refractivity contribution >= 4 is 22.5 Å². The van der Waals surface area contributed by atoms with Crippen molar-refractivity contribution in [3.8, 4) is 17.2 Å². The molecule has 0 aliphatic rings. The number of carbonyl (C=O) groups is 1. The Morgan fingerprint density at radius 3 is 2.55 bits per heavy atom. The van der Waals surface area contributed by atoms with E-state index in [2.05, 4.69) is 10.3 Å². The molecule has 1 amide bonds. The third-order valence-electron chi connectivity index (χ3n) is 5.16. The molecule has 3 aromatic carbocycles. The molecule has 0 atom stereocenters. The first-order valence-electron chi connectivity index (χ1n) is 10.8. The number of hydrogen-bond acceptors (Lipinski definition) is 5. The van der Waals surface area contributed by atoms with Crippen LogP contribution in [0.15, 0.2) is 77.9 Å². The smallest absolute Gasteiger partial charge is 0.261 e. The number of aromatic nitrogens is 2. The predicted molar refractivity (Wildman–Crippen MR) is 128 cm³/mol. The second-order valence-corrected chi connectivity index (χ2v) is 7.52. The van der Waals surface area contributed by atoms with Crippen LogP contribution in [0.5, 0.6) is 17.2 Å². The fourth-order valence-corrected chi connectivity index (χ4v) is 3.49. The third kappa shape index (κ3) is 5.20. The lowest BCUT2D eigenvalue weighted by molar-refractivity contribution is -0.116. The predicted octanol–water partition coefficient (Wildman–Crippen LogP) is 4.92. The van der Waals surface area contributed by atoms with Crippen LogP contribution in [-0.2, 0) is 11.3 Å². The monoisotopic (exact) mass is 443 g/mol. The Bertz CT molecular complexity index is 1330. The first-order valence-corrected chi connectivity index (χ1v) is 10.8. The summed E-state index contributed by atoms with van der Waals surface area (Å²) in [5, 5.41) is 3.42. The Kier molecular flexibility index (Phi) is 6.69. The number of hydrogen-bond donors (Lipinski definition) is 1. The summed E-state index contributed by atoms with van der Waals surface area (Å²) in [6.45, 7) is 4.66. The summed E-state index contributed by atoms with van der Waals surface area (Å²) >= 11 is 0. The molecule has 0 aliphatic carbocycles. The van der Waals surface area contributed by atoms with Gasteiger partial charge in [-0.05, 0) is 61.9 Å². The summed E-state index contributed by atoms with van der Waals surface area (Å²) in [6.07, 6.45) is 1.62. The maximum absolute atomic E-state index is 12.7. The largest absolute Gasteiger partial charge is 0.494 e. The average molecular weight is 444 g/mol. The van der Waals surface area contributed by atoms with Gasteiger partial charge in [0.2, 0.25) is 5.91 Å². The van der Waals surface area contributed by atoms with Crippen LogP contribution < -0.4 is 20.3 Å². The van der Waals surface area contributed by atoms with Gasteiger partial charge >= 0.3 is 0 Å². The number of benzene rings is 3. The zero-order valence-corrected chi connectivity index (χ0v) is 18.6. The van der Waals surface area contributed by atoms with Crippen molar-refractivity contribution in [3.63, 3.8) is 0 Å². The van der Waals surface area contributed by atoms with E-state index in [9.17, 15) is 9.59 Å². The van der Waals surface area contributed by atoms with Gasteiger partial charge in [-0.25, -0.2) is 4.98 Å². The van der Waals surface area contributed by atoms with Crippen LogP contribution in [0.25, 0.3) is 10.9 Å². The van der Waals surface area contributed by atoms with Crippen LogP contribution >= 0.6 is 0 Å². The van der Waals surface area contributed by atoms with E-state index < -0.39 is 0 Å². The second-order valence-electron chi connectivity index (χ2n) is 7.52. The highest BCUT2D eigenvalue weighted by molar-refractivity contribution is 5.92. The summed E-state index contributed by atoms with van der Waals surface area (Å²) in [5.41, 5.74) is 2.02. The molecule has 1 aromatic heterocycles. The topological polar surface area (TPSA) is 82.4 Å². The van der Waals surface area contributed by atoms with E-state index in [0.717, 1.165) is 11.3 Å². The van der Waals surface area contributed by atoms with Gasteiger partial charge in [-0.1, -0.05) is 24.3 Å². The van der Waals surface area contributed by atoms with E-state index in [1.165, 1.54) is 10.9 Å². The van der Waals surface area contributed by atoms with E-state index >= 15 is 0 Å². The van der Waals surface area contributed by atoms with Gasteiger partial charge in [0.25, 0.3) is 5.56 Å². The molecule has 7 nitrogen and oxygen atoms in total. The molecule has 1 heterocycles. The first-order chi connectivity index (χ1) is 16.0. The lowest BCUT2D eigenvalue weighted by Gasteiger charge is -2.13. The standard InChI is InChI=1S/C26H25N3O4/c1-3-32-19-11-13-20(14-12-19)33-23-10-5-4-9-22(23)28-24(30)15-16-29-17-27-25-18(2)7-6-8-21(25)26(29)31/h4-14,17H,3,15-16H2,1-2H3,(H,28,30). The Morgan fingerprint density at radius 2 is 1.76 bits per heavy atom. The van der Waals surface area contributed by atoms with Crippen molar-refractivity contribution in [2.45, 2.75) is 26.8 Å². The van der Waals surface area contributed by atoms with Gasteiger partial charge in [-0.2, -0.15) is 0 Å². The number of carbonyl (C=O) groups excluding carboxylic acids is 1. The quantitative estimate of drug-likeness (QED) is 0.418. The van der Waals surface area contributed by atoms with Crippen molar-refractivity contribution in [2.24, 2.45) is 0 Å². The number of nitrogens with zero attached hydrogens (tertiary/aromatic N) is 2. The highest BCUT2D eigenvalue weighted by atomic mass is 16.5. The molecule has 0 radical (unpaired) electrons. The minimum Gasteiger partial charge on any atom is -0.494 e. The molecule has 0 bridgehead atoms. The van der Waals surface area contributed by atoms with Crippen LogP contribution in [0.1, 0.15) is 18.9 Å². The number of fused-ring (bicyclic) bond motifs is 1. The van der Waals surface area contributed by atoms with E-state index in [0.29, 0.717) is 34.7 Å². The summed E-state index contributed by atoms with van der Waals surface area (Å²) in [7, 11) is 0. The minimum atomic E-state index is -0.228. The van der Waals surface area contributed by atoms with Gasteiger partial charge in [0.15, 0.2) is 5.75 Å².